The summed E-state index contributed by atoms with van der Waals surface area (Å²) in [6.07, 6.45) is 2.29. The van der Waals surface area contributed by atoms with Gasteiger partial charge in [0.1, 0.15) is 17.9 Å². The summed E-state index contributed by atoms with van der Waals surface area (Å²) in [5.41, 5.74) is 1.24. The van der Waals surface area contributed by atoms with Gasteiger partial charge in [0, 0.05) is 18.4 Å². The van der Waals surface area contributed by atoms with Crippen molar-refractivity contribution in [1.82, 2.24) is 14.9 Å². The molecule has 2 aromatic rings. The molecule has 3 heterocycles. The number of nitrogens with zero attached hydrogens (tertiary/aromatic N) is 3. The molecule has 2 aliphatic rings. The summed E-state index contributed by atoms with van der Waals surface area (Å²) in [7, 11) is 0. The Kier molecular flexibility index (Phi) is 4.55. The van der Waals surface area contributed by atoms with Gasteiger partial charge in [-0.15, -0.1) is 0 Å². The third-order valence-electron chi connectivity index (χ3n) is 4.89. The van der Waals surface area contributed by atoms with E-state index >= 15 is 0 Å². The fourth-order valence-electron chi connectivity index (χ4n) is 3.70. The Balaban J connectivity index is 1.51. The highest BCUT2D eigenvalue weighted by molar-refractivity contribution is 5.92. The highest BCUT2D eigenvalue weighted by atomic mass is 19.1. The average Bonchev–Trinajstić information content (AvgIpc) is 3.06. The first kappa shape index (κ1) is 16.9. The molecule has 4 rings (SSSR count). The van der Waals surface area contributed by atoms with Crippen LogP contribution in [0.15, 0.2) is 36.5 Å². The van der Waals surface area contributed by atoms with Gasteiger partial charge in [0.25, 0.3) is 11.8 Å². The van der Waals surface area contributed by atoms with Crippen molar-refractivity contribution in [3.63, 3.8) is 0 Å². The first-order chi connectivity index (χ1) is 12.6. The van der Waals surface area contributed by atoms with Gasteiger partial charge >= 0.3 is 0 Å². The zero-order chi connectivity index (χ0) is 18.1. The molecule has 6 nitrogen and oxygen atoms in total. The minimum atomic E-state index is -0.497. The lowest BCUT2D eigenvalue weighted by molar-refractivity contribution is -0.0800. The summed E-state index contributed by atoms with van der Waals surface area (Å²) in [5.74, 6) is -0.620. The summed E-state index contributed by atoms with van der Waals surface area (Å²) < 4.78 is 25.5. The number of carbonyl (C=O) groups excluding carboxylic acids is 1. The van der Waals surface area contributed by atoms with Crippen molar-refractivity contribution in [3.8, 4) is 5.88 Å². The summed E-state index contributed by atoms with van der Waals surface area (Å²) in [5, 5.41) is 0. The number of hydrogen-bond donors (Lipinski definition) is 0. The molecule has 1 aliphatic carbocycles. The van der Waals surface area contributed by atoms with Crippen LogP contribution in [-0.2, 0) is 4.74 Å². The molecule has 0 N–H and O–H groups in total. The number of hydrogen-bond acceptors (Lipinski definition) is 5. The molecule has 3 atom stereocenters. The van der Waals surface area contributed by atoms with E-state index in [0.717, 1.165) is 12.1 Å². The van der Waals surface area contributed by atoms with Gasteiger partial charge in [0.15, 0.2) is 5.82 Å². The number of fused-ring (bicyclic) bond motifs is 1. The second-order valence-corrected chi connectivity index (χ2v) is 6.59. The maximum atomic E-state index is 13.8. The van der Waals surface area contributed by atoms with Gasteiger partial charge in [-0.05, 0) is 44.0 Å². The summed E-state index contributed by atoms with van der Waals surface area (Å²) in [6.45, 7) is 2.79. The van der Waals surface area contributed by atoms with E-state index in [9.17, 15) is 9.18 Å². The zero-order valence-corrected chi connectivity index (χ0v) is 14.5. The highest BCUT2D eigenvalue weighted by Crippen LogP contribution is 2.33. The molecule has 0 radical (unpaired) electrons. The Morgan fingerprint density at radius 2 is 2.19 bits per heavy atom. The molecule has 2 fully saturated rings. The molecule has 1 saturated heterocycles. The number of aryl methyl sites for hydroxylation is 1. The lowest BCUT2D eigenvalue weighted by Crippen LogP contribution is -2.54. The number of amides is 1. The van der Waals surface area contributed by atoms with Gasteiger partial charge in [0.2, 0.25) is 0 Å². The van der Waals surface area contributed by atoms with E-state index in [2.05, 4.69) is 9.97 Å². The molecular weight excluding hydrogens is 337 g/mol. The molecule has 1 aliphatic heterocycles. The van der Waals surface area contributed by atoms with Crippen molar-refractivity contribution in [2.45, 2.75) is 38.0 Å². The monoisotopic (exact) mass is 357 g/mol. The number of ether oxygens (including phenoxy) is 2. The largest absolute Gasteiger partial charge is 0.469 e. The standard InChI is InChI=1S/C19H20FN3O3/c1-12-4-2-6-14(22-12)19(24)23-10-11-25-17-15(23)7-8-16(17)26-18-13(20)5-3-9-21-18/h2-6,9,15-17H,7-8,10-11H2,1H3/t15-,16+,17+/m1/s1. The van der Waals surface area contributed by atoms with E-state index in [4.69, 9.17) is 9.47 Å². The topological polar surface area (TPSA) is 64.6 Å². The van der Waals surface area contributed by atoms with Crippen LogP contribution in [0.25, 0.3) is 0 Å². The molecule has 0 bridgehead atoms. The molecule has 2 aromatic heterocycles. The molecule has 1 saturated carbocycles. The van der Waals surface area contributed by atoms with Gasteiger partial charge in [-0.25, -0.2) is 14.4 Å². The number of morpholine rings is 1. The Morgan fingerprint density at radius 3 is 3.00 bits per heavy atom. The van der Waals surface area contributed by atoms with E-state index in [1.807, 2.05) is 24.0 Å². The van der Waals surface area contributed by atoms with Gasteiger partial charge < -0.3 is 14.4 Å². The fourth-order valence-corrected chi connectivity index (χ4v) is 3.70. The van der Waals surface area contributed by atoms with Crippen LogP contribution in [0.5, 0.6) is 5.88 Å². The molecule has 7 heteroatoms. The van der Waals surface area contributed by atoms with Crippen LogP contribution >= 0.6 is 0 Å². The Morgan fingerprint density at radius 1 is 1.31 bits per heavy atom. The van der Waals surface area contributed by atoms with E-state index in [0.29, 0.717) is 25.3 Å². The van der Waals surface area contributed by atoms with E-state index in [1.54, 1.807) is 6.07 Å². The first-order valence-corrected chi connectivity index (χ1v) is 8.77. The second kappa shape index (κ2) is 6.99. The van der Waals surface area contributed by atoms with Crippen LogP contribution in [-0.4, -0.2) is 52.2 Å². The summed E-state index contributed by atoms with van der Waals surface area (Å²) >= 11 is 0. The number of pyridine rings is 2. The predicted octanol–water partition coefficient (Wildman–Crippen LogP) is 2.38. The Hall–Kier alpha value is -2.54. The third kappa shape index (κ3) is 3.14. The van der Waals surface area contributed by atoms with Crippen LogP contribution in [0.4, 0.5) is 4.39 Å². The molecule has 1 amide bonds. The van der Waals surface area contributed by atoms with Crippen molar-refractivity contribution >= 4 is 5.91 Å². The lowest BCUT2D eigenvalue weighted by atomic mass is 10.1. The number of aromatic nitrogens is 2. The summed E-state index contributed by atoms with van der Waals surface area (Å²) in [6, 6.07) is 8.15. The first-order valence-electron chi connectivity index (χ1n) is 8.77. The van der Waals surface area contributed by atoms with Gasteiger partial charge in [-0.2, -0.15) is 0 Å². The SMILES string of the molecule is Cc1cccc(C(=O)N2CCO[C@@H]3[C@@H](Oc4ncccc4F)CC[C@H]32)n1. The molecule has 0 aromatic carbocycles. The third-order valence-corrected chi connectivity index (χ3v) is 4.89. The van der Waals surface area contributed by atoms with Crippen molar-refractivity contribution in [2.75, 3.05) is 13.2 Å². The maximum Gasteiger partial charge on any atom is 0.272 e. The molecule has 0 spiro atoms. The highest BCUT2D eigenvalue weighted by Gasteiger charge is 2.46. The smallest absolute Gasteiger partial charge is 0.272 e. The minimum Gasteiger partial charge on any atom is -0.469 e. The van der Waals surface area contributed by atoms with Crippen molar-refractivity contribution in [2.24, 2.45) is 0 Å². The molecule has 26 heavy (non-hydrogen) atoms. The summed E-state index contributed by atoms with van der Waals surface area (Å²) in [4.78, 5) is 23.0. The quantitative estimate of drug-likeness (QED) is 0.844. The fraction of sp³-hybridized carbons (Fsp3) is 0.421. The molecule has 0 unspecified atom stereocenters. The van der Waals surface area contributed by atoms with Crippen molar-refractivity contribution < 1.29 is 18.7 Å². The number of carbonyl (C=O) groups is 1. The van der Waals surface area contributed by atoms with Crippen molar-refractivity contribution in [3.05, 3.63) is 53.7 Å². The van der Waals surface area contributed by atoms with Crippen LogP contribution < -0.4 is 4.74 Å². The van der Waals surface area contributed by atoms with Crippen LogP contribution in [0.2, 0.25) is 0 Å². The zero-order valence-electron chi connectivity index (χ0n) is 14.5. The Bertz CT molecular complexity index is 816. The van der Waals surface area contributed by atoms with Crippen LogP contribution in [0, 0.1) is 12.7 Å². The number of halogens is 1. The van der Waals surface area contributed by atoms with Crippen molar-refractivity contribution in [1.29, 1.82) is 0 Å². The predicted molar refractivity (Wildman–Crippen MR) is 91.4 cm³/mol. The Labute approximate surface area is 151 Å². The second-order valence-electron chi connectivity index (χ2n) is 6.59. The van der Waals surface area contributed by atoms with E-state index in [-0.39, 0.29) is 30.0 Å². The van der Waals surface area contributed by atoms with Crippen LogP contribution in [0.1, 0.15) is 29.0 Å². The van der Waals surface area contributed by atoms with Gasteiger partial charge in [-0.3, -0.25) is 4.79 Å². The van der Waals surface area contributed by atoms with Gasteiger partial charge in [-0.1, -0.05) is 6.07 Å². The normalized spacial score (nSPS) is 25.0. The molecule has 136 valence electrons. The average molecular weight is 357 g/mol. The lowest BCUT2D eigenvalue weighted by Gasteiger charge is -2.38. The molecular formula is C19H20FN3O3. The number of rotatable bonds is 3. The van der Waals surface area contributed by atoms with E-state index < -0.39 is 5.82 Å². The minimum absolute atomic E-state index is 0.0226. The van der Waals surface area contributed by atoms with E-state index in [1.165, 1.54) is 18.3 Å². The maximum absolute atomic E-state index is 13.8. The van der Waals surface area contributed by atoms with Crippen LogP contribution in [0.3, 0.4) is 0 Å². The van der Waals surface area contributed by atoms with Gasteiger partial charge in [0.05, 0.1) is 12.6 Å².